The maximum absolute atomic E-state index is 10.8. The Bertz CT molecular complexity index is 451. The molecule has 0 bridgehead atoms. The van der Waals surface area contributed by atoms with Gasteiger partial charge in [0.25, 0.3) is 0 Å². The second-order valence-corrected chi connectivity index (χ2v) is 3.82. The molecule has 6 nitrogen and oxygen atoms in total. The van der Waals surface area contributed by atoms with E-state index < -0.39 is 5.97 Å². The highest BCUT2D eigenvalue weighted by molar-refractivity contribution is 7.80. The molecule has 0 amide bonds. The molecule has 0 saturated carbocycles. The van der Waals surface area contributed by atoms with Crippen molar-refractivity contribution in [1.29, 1.82) is 0 Å². The normalized spacial score (nSPS) is 9.83. The van der Waals surface area contributed by atoms with Crippen molar-refractivity contribution in [2.24, 2.45) is 0 Å². The Kier molecular flexibility index (Phi) is 5.34. The van der Waals surface area contributed by atoms with Gasteiger partial charge in [-0.05, 0) is 30.4 Å². The molecule has 1 rings (SSSR count). The molecule has 7 heteroatoms. The zero-order valence-electron chi connectivity index (χ0n) is 9.77. The lowest BCUT2D eigenvalue weighted by Crippen LogP contribution is -2.31. The van der Waals surface area contributed by atoms with E-state index in [0.29, 0.717) is 13.2 Å². The molecule has 0 aliphatic carbocycles. The molecule has 0 fully saturated rings. The van der Waals surface area contributed by atoms with Crippen LogP contribution in [0.25, 0.3) is 0 Å². The van der Waals surface area contributed by atoms with Crippen LogP contribution in [0, 0.1) is 0 Å². The summed E-state index contributed by atoms with van der Waals surface area (Å²) in [6.45, 7) is 1.00. The third-order valence-corrected chi connectivity index (χ3v) is 2.33. The van der Waals surface area contributed by atoms with Gasteiger partial charge in [-0.1, -0.05) is 0 Å². The average molecular weight is 270 g/mol. The van der Waals surface area contributed by atoms with E-state index in [-0.39, 0.29) is 22.1 Å². The molecule has 0 radical (unpaired) electrons. The molecule has 0 aliphatic rings. The number of carboxylic acids is 1. The Morgan fingerprint density at radius 3 is 2.83 bits per heavy atom. The number of phenolic OH excluding ortho intramolecular Hbond substituents is 1. The summed E-state index contributed by atoms with van der Waals surface area (Å²) in [5.74, 6) is -1.15. The van der Waals surface area contributed by atoms with Gasteiger partial charge in [-0.3, -0.25) is 0 Å². The van der Waals surface area contributed by atoms with E-state index in [1.165, 1.54) is 18.2 Å². The van der Waals surface area contributed by atoms with E-state index in [2.05, 4.69) is 10.6 Å². The van der Waals surface area contributed by atoms with E-state index in [1.54, 1.807) is 7.11 Å². The number of thiocarbonyl (C=S) groups is 1. The molecule has 0 atom stereocenters. The van der Waals surface area contributed by atoms with Gasteiger partial charge in [0.2, 0.25) is 0 Å². The minimum atomic E-state index is -1.07. The molecule has 4 N–H and O–H groups in total. The van der Waals surface area contributed by atoms with Crippen LogP contribution in [-0.4, -0.2) is 41.6 Å². The highest BCUT2D eigenvalue weighted by Crippen LogP contribution is 2.24. The molecular weight excluding hydrogens is 256 g/mol. The first-order valence-electron chi connectivity index (χ1n) is 5.14. The summed E-state index contributed by atoms with van der Waals surface area (Å²) < 4.78 is 4.84. The molecular formula is C11H14N2O4S. The fourth-order valence-electron chi connectivity index (χ4n) is 1.20. The topological polar surface area (TPSA) is 90.8 Å². The van der Waals surface area contributed by atoms with Gasteiger partial charge in [-0.25, -0.2) is 4.79 Å². The molecule has 0 heterocycles. The lowest BCUT2D eigenvalue weighted by molar-refractivity contribution is 0.0697. The number of hydrogen-bond donors (Lipinski definition) is 4. The number of rotatable bonds is 5. The Hall–Kier alpha value is -1.86. The number of anilines is 1. The zero-order chi connectivity index (χ0) is 13.5. The van der Waals surface area contributed by atoms with Gasteiger partial charge in [0.1, 0.15) is 5.75 Å². The Labute approximate surface area is 110 Å². The minimum Gasteiger partial charge on any atom is -0.506 e. The number of carboxylic acid groups (broad SMARTS) is 1. The lowest BCUT2D eigenvalue weighted by Gasteiger charge is -2.11. The molecule has 0 unspecified atom stereocenters. The standard InChI is InChI=1S/C11H14N2O4S/c1-17-5-4-12-11(18)13-8-6-7(10(15)16)2-3-9(8)14/h2-3,6,14H,4-5H2,1H3,(H,15,16)(H2,12,13,18). The third kappa shape index (κ3) is 4.19. The molecule has 1 aromatic rings. The number of nitrogens with one attached hydrogen (secondary N) is 2. The highest BCUT2D eigenvalue weighted by atomic mass is 32.1. The van der Waals surface area contributed by atoms with Crippen molar-refractivity contribution < 1.29 is 19.7 Å². The summed E-state index contributed by atoms with van der Waals surface area (Å²) in [4.78, 5) is 10.8. The first-order valence-corrected chi connectivity index (χ1v) is 5.55. The van der Waals surface area contributed by atoms with Gasteiger partial charge in [-0.2, -0.15) is 0 Å². The molecule has 0 saturated heterocycles. The number of aromatic hydroxyl groups is 1. The fourth-order valence-corrected chi connectivity index (χ4v) is 1.41. The van der Waals surface area contributed by atoms with E-state index in [4.69, 9.17) is 22.1 Å². The van der Waals surface area contributed by atoms with Crippen LogP contribution in [-0.2, 0) is 4.74 Å². The van der Waals surface area contributed by atoms with Crippen LogP contribution in [0.4, 0.5) is 5.69 Å². The van der Waals surface area contributed by atoms with Gasteiger partial charge in [0.15, 0.2) is 5.11 Å². The quantitative estimate of drug-likeness (QED) is 0.361. The van der Waals surface area contributed by atoms with Gasteiger partial charge in [0.05, 0.1) is 17.9 Å². The van der Waals surface area contributed by atoms with Crippen molar-refractivity contribution in [1.82, 2.24) is 5.32 Å². The van der Waals surface area contributed by atoms with Crippen molar-refractivity contribution in [3.05, 3.63) is 23.8 Å². The van der Waals surface area contributed by atoms with Crippen LogP contribution >= 0.6 is 12.2 Å². The Morgan fingerprint density at radius 1 is 1.50 bits per heavy atom. The van der Waals surface area contributed by atoms with Crippen LogP contribution < -0.4 is 10.6 Å². The number of methoxy groups -OCH3 is 1. The van der Waals surface area contributed by atoms with Crippen LogP contribution in [0.1, 0.15) is 10.4 Å². The second kappa shape index (κ2) is 6.77. The molecule has 0 spiro atoms. The SMILES string of the molecule is COCCNC(=S)Nc1cc(C(=O)O)ccc1O. The number of phenols is 1. The molecule has 0 aromatic heterocycles. The number of aromatic carboxylic acids is 1. The maximum atomic E-state index is 10.8. The van der Waals surface area contributed by atoms with Gasteiger partial charge in [-0.15, -0.1) is 0 Å². The van der Waals surface area contributed by atoms with Crippen molar-refractivity contribution >= 4 is 29.0 Å². The average Bonchev–Trinajstić information content (AvgIpc) is 2.32. The predicted molar refractivity (Wildman–Crippen MR) is 71.2 cm³/mol. The Balaban J connectivity index is 2.68. The van der Waals surface area contributed by atoms with Crippen molar-refractivity contribution in [2.45, 2.75) is 0 Å². The van der Waals surface area contributed by atoms with E-state index in [9.17, 15) is 9.90 Å². The van der Waals surface area contributed by atoms with E-state index >= 15 is 0 Å². The largest absolute Gasteiger partial charge is 0.506 e. The minimum absolute atomic E-state index is 0.0648. The Morgan fingerprint density at radius 2 is 2.22 bits per heavy atom. The summed E-state index contributed by atoms with van der Waals surface area (Å²) >= 11 is 4.98. The van der Waals surface area contributed by atoms with Crippen molar-refractivity contribution in [3.63, 3.8) is 0 Å². The van der Waals surface area contributed by atoms with Crippen LogP contribution in [0.15, 0.2) is 18.2 Å². The summed E-state index contributed by atoms with van der Waals surface area (Å²) in [7, 11) is 1.57. The third-order valence-electron chi connectivity index (χ3n) is 2.08. The number of ether oxygens (including phenoxy) is 1. The van der Waals surface area contributed by atoms with Gasteiger partial charge < -0.3 is 25.6 Å². The van der Waals surface area contributed by atoms with Crippen LogP contribution in [0.5, 0.6) is 5.75 Å². The monoisotopic (exact) mass is 270 g/mol. The van der Waals surface area contributed by atoms with E-state index in [1.807, 2.05) is 0 Å². The smallest absolute Gasteiger partial charge is 0.335 e. The maximum Gasteiger partial charge on any atom is 0.335 e. The summed E-state index contributed by atoms with van der Waals surface area (Å²) in [6.07, 6.45) is 0. The summed E-state index contributed by atoms with van der Waals surface area (Å²) in [6, 6.07) is 3.91. The summed E-state index contributed by atoms with van der Waals surface area (Å²) in [5.41, 5.74) is 0.305. The molecule has 1 aromatic carbocycles. The van der Waals surface area contributed by atoms with Crippen molar-refractivity contribution in [2.75, 3.05) is 25.6 Å². The molecule has 18 heavy (non-hydrogen) atoms. The van der Waals surface area contributed by atoms with Crippen LogP contribution in [0.3, 0.4) is 0 Å². The predicted octanol–water partition coefficient (Wildman–Crippen LogP) is 1.02. The van der Waals surface area contributed by atoms with Crippen LogP contribution in [0.2, 0.25) is 0 Å². The number of hydrogen-bond acceptors (Lipinski definition) is 4. The summed E-state index contributed by atoms with van der Waals surface area (Å²) in [5, 5.41) is 24.2. The number of benzene rings is 1. The van der Waals surface area contributed by atoms with Gasteiger partial charge in [0, 0.05) is 13.7 Å². The fraction of sp³-hybridized carbons (Fsp3) is 0.273. The molecule has 98 valence electrons. The second-order valence-electron chi connectivity index (χ2n) is 3.41. The zero-order valence-corrected chi connectivity index (χ0v) is 10.6. The first kappa shape index (κ1) is 14.2. The lowest BCUT2D eigenvalue weighted by atomic mass is 10.2. The highest BCUT2D eigenvalue weighted by Gasteiger charge is 2.08. The molecule has 0 aliphatic heterocycles. The van der Waals surface area contributed by atoms with Gasteiger partial charge >= 0.3 is 5.97 Å². The number of carbonyl (C=O) groups is 1. The van der Waals surface area contributed by atoms with Crippen molar-refractivity contribution in [3.8, 4) is 5.75 Å². The first-order chi connectivity index (χ1) is 8.54. The van der Waals surface area contributed by atoms with E-state index in [0.717, 1.165) is 0 Å².